The maximum atomic E-state index is 5.97. The number of nitrogens with two attached hydrogens (primary N) is 1. The van der Waals surface area contributed by atoms with Crippen LogP contribution in [0.1, 0.15) is 12.1 Å². The molecule has 1 aliphatic rings. The van der Waals surface area contributed by atoms with Crippen LogP contribution in [0.5, 0.6) is 11.8 Å². The van der Waals surface area contributed by atoms with Gasteiger partial charge in [-0.1, -0.05) is 12.2 Å². The van der Waals surface area contributed by atoms with Crippen LogP contribution < -0.4 is 15.2 Å². The summed E-state index contributed by atoms with van der Waals surface area (Å²) in [6, 6.07) is 4.01. The summed E-state index contributed by atoms with van der Waals surface area (Å²) >= 11 is 0. The van der Waals surface area contributed by atoms with E-state index in [0.29, 0.717) is 36.7 Å². The molecule has 24 heavy (non-hydrogen) atoms. The van der Waals surface area contributed by atoms with Gasteiger partial charge in [-0.15, -0.1) is 0 Å². The molecule has 0 fully saturated rings. The van der Waals surface area contributed by atoms with Crippen molar-refractivity contribution in [1.82, 2.24) is 24.5 Å². The molecule has 0 atom stereocenters. The molecule has 0 amide bonds. The van der Waals surface area contributed by atoms with Crippen LogP contribution in [0.4, 0.5) is 5.82 Å². The number of pyridine rings is 1. The second kappa shape index (κ2) is 6.15. The lowest BCUT2D eigenvalue weighted by atomic mass is 10.3. The number of aromatic nitrogens is 5. The van der Waals surface area contributed by atoms with Gasteiger partial charge in [0.15, 0.2) is 17.0 Å². The summed E-state index contributed by atoms with van der Waals surface area (Å²) in [5.74, 6) is 1.04. The maximum Gasteiger partial charge on any atom is 0.320 e. The SMILES string of the molecule is Nc1nc2nc3c1ncn3Cc1ncccc1OC/C=C/CCO2. The van der Waals surface area contributed by atoms with Crippen LogP contribution in [0, 0.1) is 0 Å². The number of hydrogen-bond acceptors (Lipinski definition) is 7. The van der Waals surface area contributed by atoms with E-state index in [1.807, 2.05) is 28.9 Å². The second-order valence-corrected chi connectivity index (χ2v) is 5.30. The predicted octanol–water partition coefficient (Wildman–Crippen LogP) is 1.57. The van der Waals surface area contributed by atoms with Gasteiger partial charge in [0.25, 0.3) is 0 Å². The molecule has 8 nitrogen and oxygen atoms in total. The molecular weight excluding hydrogens is 308 g/mol. The summed E-state index contributed by atoms with van der Waals surface area (Å²) in [6.45, 7) is 1.41. The molecule has 0 spiro atoms. The number of nitrogens with zero attached hydrogens (tertiary/aromatic N) is 5. The molecule has 1 aliphatic heterocycles. The van der Waals surface area contributed by atoms with Crippen molar-refractivity contribution in [1.29, 1.82) is 0 Å². The first kappa shape index (κ1) is 14.4. The molecule has 0 saturated heterocycles. The fourth-order valence-electron chi connectivity index (χ4n) is 2.50. The molecule has 2 N–H and O–H groups in total. The average Bonchev–Trinajstić information content (AvgIpc) is 2.98. The Morgan fingerprint density at radius 1 is 1.12 bits per heavy atom. The number of hydrogen-bond donors (Lipinski definition) is 1. The topological polar surface area (TPSA) is 101 Å². The monoisotopic (exact) mass is 324 g/mol. The summed E-state index contributed by atoms with van der Waals surface area (Å²) in [7, 11) is 0. The van der Waals surface area contributed by atoms with Gasteiger partial charge in [-0.05, 0) is 18.6 Å². The van der Waals surface area contributed by atoms with Crippen LogP contribution in [0.2, 0.25) is 0 Å². The Kier molecular flexibility index (Phi) is 3.70. The molecule has 0 saturated carbocycles. The molecular formula is C16H16N6O2. The largest absolute Gasteiger partial charge is 0.488 e. The minimum atomic E-state index is 0.254. The average molecular weight is 324 g/mol. The van der Waals surface area contributed by atoms with Crippen molar-refractivity contribution in [3.05, 3.63) is 42.5 Å². The van der Waals surface area contributed by atoms with Gasteiger partial charge in [0.2, 0.25) is 0 Å². The minimum absolute atomic E-state index is 0.254. The zero-order valence-corrected chi connectivity index (χ0v) is 12.9. The molecule has 122 valence electrons. The van der Waals surface area contributed by atoms with Gasteiger partial charge in [0.1, 0.15) is 18.1 Å². The van der Waals surface area contributed by atoms with E-state index in [1.54, 1.807) is 12.5 Å². The third-order valence-corrected chi connectivity index (χ3v) is 3.66. The highest BCUT2D eigenvalue weighted by Gasteiger charge is 2.14. The van der Waals surface area contributed by atoms with Crippen LogP contribution in [0.15, 0.2) is 36.8 Å². The standard InChI is InChI=1S/C16H16N6O2/c17-14-13-15-21-16(20-14)24-8-3-1-2-7-23-12-5-4-6-18-11(12)9-22(15)10-19-13/h1-2,4-6,10H,3,7-9H2,(H2,17,20,21)/b2-1+. The molecule has 3 aromatic rings. The van der Waals surface area contributed by atoms with E-state index < -0.39 is 0 Å². The summed E-state index contributed by atoms with van der Waals surface area (Å²) in [5.41, 5.74) is 7.93. The highest BCUT2D eigenvalue weighted by molar-refractivity contribution is 5.81. The third kappa shape index (κ3) is 2.73. The minimum Gasteiger partial charge on any atom is -0.488 e. The van der Waals surface area contributed by atoms with Crippen LogP contribution >= 0.6 is 0 Å². The lowest BCUT2D eigenvalue weighted by Gasteiger charge is -2.11. The quantitative estimate of drug-likeness (QED) is 0.626. The Hall–Kier alpha value is -3.16. The van der Waals surface area contributed by atoms with Crippen molar-refractivity contribution in [3.63, 3.8) is 0 Å². The molecule has 4 rings (SSSR count). The Morgan fingerprint density at radius 2 is 2.08 bits per heavy atom. The van der Waals surface area contributed by atoms with Crippen molar-refractivity contribution in [3.8, 4) is 11.8 Å². The van der Waals surface area contributed by atoms with Crippen LogP contribution in [0.25, 0.3) is 11.2 Å². The lowest BCUT2D eigenvalue weighted by molar-refractivity contribution is 0.299. The summed E-state index contributed by atoms with van der Waals surface area (Å²) < 4.78 is 13.2. The Labute approximate surface area is 138 Å². The Balaban J connectivity index is 1.82. The highest BCUT2D eigenvalue weighted by Crippen LogP contribution is 2.22. The summed E-state index contributed by atoms with van der Waals surface area (Å²) in [6.07, 6.45) is 8.08. The van der Waals surface area contributed by atoms with Crippen molar-refractivity contribution < 1.29 is 9.47 Å². The highest BCUT2D eigenvalue weighted by atomic mass is 16.5. The van der Waals surface area contributed by atoms with Gasteiger partial charge < -0.3 is 19.8 Å². The molecule has 0 aromatic carbocycles. The maximum absolute atomic E-state index is 5.97. The number of ether oxygens (including phenoxy) is 2. The van der Waals surface area contributed by atoms with Crippen LogP contribution in [0.3, 0.4) is 0 Å². The molecule has 0 radical (unpaired) electrons. The van der Waals surface area contributed by atoms with E-state index in [9.17, 15) is 0 Å². The first-order valence-electron chi connectivity index (χ1n) is 7.64. The third-order valence-electron chi connectivity index (χ3n) is 3.66. The number of imidazole rings is 1. The normalized spacial score (nSPS) is 16.0. The molecule has 8 heteroatoms. The lowest BCUT2D eigenvalue weighted by Crippen LogP contribution is -2.08. The van der Waals surface area contributed by atoms with Gasteiger partial charge in [-0.2, -0.15) is 9.97 Å². The van der Waals surface area contributed by atoms with Crippen LogP contribution in [-0.2, 0) is 6.54 Å². The van der Waals surface area contributed by atoms with E-state index in [1.165, 1.54) is 0 Å². The zero-order chi connectivity index (χ0) is 16.4. The molecule has 0 aliphatic carbocycles. The molecule has 3 aromatic heterocycles. The van der Waals surface area contributed by atoms with Gasteiger partial charge >= 0.3 is 6.01 Å². The molecule has 0 unspecified atom stereocenters. The molecule has 4 heterocycles. The van der Waals surface area contributed by atoms with E-state index in [2.05, 4.69) is 19.9 Å². The summed E-state index contributed by atoms with van der Waals surface area (Å²) in [5, 5.41) is 0. The predicted molar refractivity (Wildman–Crippen MR) is 87.8 cm³/mol. The smallest absolute Gasteiger partial charge is 0.320 e. The fraction of sp³-hybridized carbons (Fsp3) is 0.250. The molecule has 2 bridgehead atoms. The summed E-state index contributed by atoms with van der Waals surface area (Å²) in [4.78, 5) is 17.3. The van der Waals surface area contributed by atoms with Gasteiger partial charge in [0, 0.05) is 6.20 Å². The van der Waals surface area contributed by atoms with E-state index in [4.69, 9.17) is 15.2 Å². The number of fused-ring (bicyclic) bond motifs is 2. The van der Waals surface area contributed by atoms with E-state index in [0.717, 1.165) is 17.9 Å². The number of nitrogen functional groups attached to an aromatic ring is 1. The van der Waals surface area contributed by atoms with Gasteiger partial charge in [-0.3, -0.25) is 4.98 Å². The van der Waals surface area contributed by atoms with Crippen molar-refractivity contribution >= 4 is 17.0 Å². The van der Waals surface area contributed by atoms with E-state index in [-0.39, 0.29) is 6.01 Å². The number of anilines is 1. The van der Waals surface area contributed by atoms with Crippen LogP contribution in [-0.4, -0.2) is 37.7 Å². The number of rotatable bonds is 0. The van der Waals surface area contributed by atoms with Crippen molar-refractivity contribution in [2.75, 3.05) is 18.9 Å². The van der Waals surface area contributed by atoms with Crippen molar-refractivity contribution in [2.24, 2.45) is 0 Å². The fourth-order valence-corrected chi connectivity index (χ4v) is 2.50. The van der Waals surface area contributed by atoms with Gasteiger partial charge in [0.05, 0.1) is 19.5 Å². The van der Waals surface area contributed by atoms with Gasteiger partial charge in [-0.25, -0.2) is 4.98 Å². The zero-order valence-electron chi connectivity index (χ0n) is 12.9. The first-order valence-corrected chi connectivity index (χ1v) is 7.64. The Bertz CT molecular complexity index is 905. The van der Waals surface area contributed by atoms with Crippen molar-refractivity contribution in [2.45, 2.75) is 13.0 Å². The van der Waals surface area contributed by atoms with E-state index >= 15 is 0 Å². The second-order valence-electron chi connectivity index (χ2n) is 5.30. The Morgan fingerprint density at radius 3 is 3.04 bits per heavy atom. The first-order chi connectivity index (χ1) is 11.8.